The third-order valence-corrected chi connectivity index (χ3v) is 4.61. The van der Waals surface area contributed by atoms with Crippen molar-refractivity contribution in [2.75, 3.05) is 13.1 Å². The zero-order valence-corrected chi connectivity index (χ0v) is 14.7. The highest BCUT2D eigenvalue weighted by Crippen LogP contribution is 2.29. The van der Waals surface area contributed by atoms with Crippen LogP contribution in [0.25, 0.3) is 11.5 Å². The molecule has 0 N–H and O–H groups in total. The first-order valence-corrected chi connectivity index (χ1v) is 8.59. The Balaban J connectivity index is 1.42. The quantitative estimate of drug-likeness (QED) is 0.714. The van der Waals surface area contributed by atoms with E-state index in [0.29, 0.717) is 42.1 Å². The van der Waals surface area contributed by atoms with Crippen LogP contribution in [0.15, 0.2) is 33.5 Å². The van der Waals surface area contributed by atoms with Gasteiger partial charge in [-0.15, -0.1) is 0 Å². The van der Waals surface area contributed by atoms with Crippen LogP contribution in [0.5, 0.6) is 0 Å². The van der Waals surface area contributed by atoms with Crippen LogP contribution < -0.4 is 0 Å². The maximum absolute atomic E-state index is 12.6. The summed E-state index contributed by atoms with van der Waals surface area (Å²) in [6.45, 7) is 4.78. The fourth-order valence-electron chi connectivity index (χ4n) is 3.23. The van der Waals surface area contributed by atoms with Gasteiger partial charge in [0.15, 0.2) is 11.7 Å². The van der Waals surface area contributed by atoms with Crippen molar-refractivity contribution in [2.24, 2.45) is 0 Å². The number of oxazole rings is 1. The van der Waals surface area contributed by atoms with Crippen LogP contribution >= 0.6 is 0 Å². The number of aryl methyl sites for hydroxylation is 2. The Kier molecular flexibility index (Phi) is 4.24. The minimum absolute atomic E-state index is 0.105. The van der Waals surface area contributed by atoms with Crippen LogP contribution in [0.4, 0.5) is 0 Å². The molecule has 4 heterocycles. The summed E-state index contributed by atoms with van der Waals surface area (Å²) >= 11 is 0. The molecule has 3 aromatic rings. The average molecular weight is 353 g/mol. The number of hydrogen-bond donors (Lipinski definition) is 0. The number of likely N-dealkylation sites (tertiary alicyclic amines) is 1. The van der Waals surface area contributed by atoms with E-state index in [1.165, 1.54) is 0 Å². The Labute approximate surface area is 150 Å². The van der Waals surface area contributed by atoms with Crippen molar-refractivity contribution in [3.63, 3.8) is 0 Å². The van der Waals surface area contributed by atoms with Gasteiger partial charge >= 0.3 is 0 Å². The number of aromatic nitrogens is 4. The monoisotopic (exact) mass is 353 g/mol. The Hall–Kier alpha value is -3.03. The molecule has 0 aromatic carbocycles. The number of nitrogens with zero attached hydrogens (tertiary/aromatic N) is 5. The predicted octanol–water partition coefficient (Wildman–Crippen LogP) is 2.76. The minimum atomic E-state index is -0.105. The number of amides is 1. The van der Waals surface area contributed by atoms with Crippen molar-refractivity contribution in [1.29, 1.82) is 0 Å². The van der Waals surface area contributed by atoms with Gasteiger partial charge in [-0.2, -0.15) is 4.98 Å². The predicted molar refractivity (Wildman–Crippen MR) is 91.4 cm³/mol. The van der Waals surface area contributed by atoms with Gasteiger partial charge in [0, 0.05) is 43.9 Å². The molecule has 0 aliphatic carbocycles. The highest BCUT2D eigenvalue weighted by molar-refractivity contribution is 5.92. The molecule has 0 radical (unpaired) electrons. The minimum Gasteiger partial charge on any atom is -0.436 e. The molecule has 0 spiro atoms. The first kappa shape index (κ1) is 16.4. The van der Waals surface area contributed by atoms with E-state index in [1.807, 2.05) is 12.1 Å². The zero-order chi connectivity index (χ0) is 18.1. The second kappa shape index (κ2) is 6.70. The largest absolute Gasteiger partial charge is 0.436 e. The summed E-state index contributed by atoms with van der Waals surface area (Å²) in [5.74, 6) is 2.10. The molecular formula is C18H19N5O3. The lowest BCUT2D eigenvalue weighted by Crippen LogP contribution is -2.38. The number of pyridine rings is 1. The van der Waals surface area contributed by atoms with E-state index in [4.69, 9.17) is 8.94 Å². The van der Waals surface area contributed by atoms with E-state index in [1.54, 1.807) is 31.1 Å². The molecule has 0 atom stereocenters. The van der Waals surface area contributed by atoms with Gasteiger partial charge in [-0.1, -0.05) is 5.16 Å². The molecular weight excluding hydrogens is 334 g/mol. The lowest BCUT2D eigenvalue weighted by molar-refractivity contribution is 0.0676. The van der Waals surface area contributed by atoms with Crippen molar-refractivity contribution in [1.82, 2.24) is 25.0 Å². The molecule has 8 heteroatoms. The van der Waals surface area contributed by atoms with Crippen LogP contribution in [0.2, 0.25) is 0 Å². The molecule has 4 rings (SSSR count). The first-order chi connectivity index (χ1) is 12.6. The Morgan fingerprint density at radius 3 is 2.54 bits per heavy atom. The van der Waals surface area contributed by atoms with E-state index in [2.05, 4.69) is 20.1 Å². The number of carbonyl (C=O) groups is 1. The molecule has 1 aliphatic heterocycles. The maximum Gasteiger partial charge on any atom is 0.291 e. The van der Waals surface area contributed by atoms with Crippen LogP contribution in [0.3, 0.4) is 0 Å². The smallest absolute Gasteiger partial charge is 0.291 e. The second-order valence-corrected chi connectivity index (χ2v) is 6.41. The standard InChI is InChI=1S/C18H19N5O3/c1-11-15(25-12(2)20-11)18(24)23-9-5-13(6-10-23)16-21-17(26-22-16)14-3-7-19-8-4-14/h3-4,7-8,13H,5-6,9-10H2,1-2H3. The van der Waals surface area contributed by atoms with Gasteiger partial charge in [0.25, 0.3) is 11.8 Å². The number of hydrogen-bond acceptors (Lipinski definition) is 7. The molecule has 26 heavy (non-hydrogen) atoms. The highest BCUT2D eigenvalue weighted by atomic mass is 16.5. The molecule has 1 aliphatic rings. The summed E-state index contributed by atoms with van der Waals surface area (Å²) in [4.78, 5) is 27.1. The summed E-state index contributed by atoms with van der Waals surface area (Å²) in [5.41, 5.74) is 1.48. The maximum atomic E-state index is 12.6. The first-order valence-electron chi connectivity index (χ1n) is 8.59. The number of carbonyl (C=O) groups excluding carboxylic acids is 1. The topological polar surface area (TPSA) is 98.2 Å². The number of rotatable bonds is 3. The number of piperidine rings is 1. The average Bonchev–Trinajstić information content (AvgIpc) is 3.29. The Morgan fingerprint density at radius 1 is 1.15 bits per heavy atom. The second-order valence-electron chi connectivity index (χ2n) is 6.41. The highest BCUT2D eigenvalue weighted by Gasteiger charge is 2.30. The van der Waals surface area contributed by atoms with Crippen molar-refractivity contribution in [3.05, 3.63) is 47.7 Å². The lowest BCUT2D eigenvalue weighted by atomic mass is 9.96. The SMILES string of the molecule is Cc1nc(C)c(C(=O)N2CCC(c3noc(-c4ccncc4)n3)CC2)o1. The zero-order valence-electron chi connectivity index (χ0n) is 14.7. The van der Waals surface area contributed by atoms with Gasteiger partial charge in [0.1, 0.15) is 0 Å². The van der Waals surface area contributed by atoms with Crippen molar-refractivity contribution < 1.29 is 13.7 Å². The molecule has 0 unspecified atom stereocenters. The molecule has 1 amide bonds. The van der Waals surface area contributed by atoms with Crippen molar-refractivity contribution >= 4 is 5.91 Å². The summed E-state index contributed by atoms with van der Waals surface area (Å²) < 4.78 is 10.8. The summed E-state index contributed by atoms with van der Waals surface area (Å²) in [7, 11) is 0. The van der Waals surface area contributed by atoms with Crippen LogP contribution in [-0.4, -0.2) is 44.0 Å². The lowest BCUT2D eigenvalue weighted by Gasteiger charge is -2.30. The Morgan fingerprint density at radius 2 is 1.88 bits per heavy atom. The normalized spacial score (nSPS) is 15.4. The molecule has 0 saturated carbocycles. The van der Waals surface area contributed by atoms with Crippen LogP contribution in [0, 0.1) is 13.8 Å². The third kappa shape index (κ3) is 3.10. The molecule has 134 valence electrons. The van der Waals surface area contributed by atoms with Crippen molar-refractivity contribution in [2.45, 2.75) is 32.6 Å². The third-order valence-electron chi connectivity index (χ3n) is 4.61. The molecule has 0 bridgehead atoms. The summed E-state index contributed by atoms with van der Waals surface area (Å²) in [6.07, 6.45) is 4.95. The fourth-order valence-corrected chi connectivity index (χ4v) is 3.23. The van der Waals surface area contributed by atoms with Gasteiger partial charge in [-0.3, -0.25) is 9.78 Å². The van der Waals surface area contributed by atoms with Gasteiger partial charge in [-0.25, -0.2) is 4.98 Å². The van der Waals surface area contributed by atoms with Crippen molar-refractivity contribution in [3.8, 4) is 11.5 Å². The summed E-state index contributed by atoms with van der Waals surface area (Å²) in [6, 6.07) is 3.67. The van der Waals surface area contributed by atoms with Gasteiger partial charge in [0.05, 0.1) is 5.69 Å². The van der Waals surface area contributed by atoms with E-state index in [9.17, 15) is 4.79 Å². The van der Waals surface area contributed by atoms with Gasteiger partial charge < -0.3 is 13.8 Å². The molecule has 1 saturated heterocycles. The van der Waals surface area contributed by atoms with Gasteiger partial charge in [-0.05, 0) is 31.9 Å². The molecule has 1 fully saturated rings. The fraction of sp³-hybridized carbons (Fsp3) is 0.389. The van der Waals surface area contributed by atoms with E-state index < -0.39 is 0 Å². The van der Waals surface area contributed by atoms with E-state index >= 15 is 0 Å². The van der Waals surface area contributed by atoms with E-state index in [-0.39, 0.29) is 11.8 Å². The Bertz CT molecular complexity index is 910. The summed E-state index contributed by atoms with van der Waals surface area (Å²) in [5, 5.41) is 4.12. The van der Waals surface area contributed by atoms with E-state index in [0.717, 1.165) is 18.4 Å². The molecule has 8 nitrogen and oxygen atoms in total. The van der Waals surface area contributed by atoms with Crippen LogP contribution in [-0.2, 0) is 0 Å². The van der Waals surface area contributed by atoms with Crippen LogP contribution in [0.1, 0.15) is 46.7 Å². The molecule has 3 aromatic heterocycles. The van der Waals surface area contributed by atoms with Gasteiger partial charge in [0.2, 0.25) is 5.76 Å².